The lowest BCUT2D eigenvalue weighted by Crippen LogP contribution is -2.15. The molecule has 1 aliphatic heterocycles. The molecule has 1 N–H and O–H groups in total. The first-order valence-electron chi connectivity index (χ1n) is 5.99. The Labute approximate surface area is 106 Å². The lowest BCUT2D eigenvalue weighted by atomic mass is 10.1. The highest BCUT2D eigenvalue weighted by atomic mass is 16.6. The Bertz CT molecular complexity index is 548. The molecular weight excluding hydrogens is 230 g/mol. The summed E-state index contributed by atoms with van der Waals surface area (Å²) >= 11 is 0. The van der Waals surface area contributed by atoms with Gasteiger partial charge in [-0.25, -0.2) is 0 Å². The lowest BCUT2D eigenvalue weighted by Gasteiger charge is -2.18. The summed E-state index contributed by atoms with van der Waals surface area (Å²) < 4.78 is 16.6. The second-order valence-electron chi connectivity index (χ2n) is 4.15. The summed E-state index contributed by atoms with van der Waals surface area (Å²) in [5.41, 5.74) is 2.17. The SMILES string of the molecule is CNCc1occc1-c1ccc2c(c1)OCCO2. The maximum atomic E-state index is 5.59. The number of rotatable bonds is 3. The van der Waals surface area contributed by atoms with Gasteiger partial charge in [0.1, 0.15) is 19.0 Å². The zero-order valence-corrected chi connectivity index (χ0v) is 10.2. The third-order valence-corrected chi connectivity index (χ3v) is 2.94. The molecule has 4 nitrogen and oxygen atoms in total. The van der Waals surface area contributed by atoms with Gasteiger partial charge < -0.3 is 19.2 Å². The minimum absolute atomic E-state index is 0.602. The molecule has 0 spiro atoms. The minimum Gasteiger partial charge on any atom is -0.486 e. The molecule has 1 aliphatic rings. The van der Waals surface area contributed by atoms with Crippen molar-refractivity contribution in [3.05, 3.63) is 36.3 Å². The van der Waals surface area contributed by atoms with Gasteiger partial charge in [-0.1, -0.05) is 6.07 Å². The number of fused-ring (bicyclic) bond motifs is 1. The topological polar surface area (TPSA) is 43.6 Å². The average molecular weight is 245 g/mol. The van der Waals surface area contributed by atoms with Crippen LogP contribution in [0, 0.1) is 0 Å². The van der Waals surface area contributed by atoms with E-state index in [1.165, 1.54) is 0 Å². The van der Waals surface area contributed by atoms with E-state index >= 15 is 0 Å². The third-order valence-electron chi connectivity index (χ3n) is 2.94. The quantitative estimate of drug-likeness (QED) is 0.902. The number of furan rings is 1. The molecule has 0 radical (unpaired) electrons. The van der Waals surface area contributed by atoms with Crippen LogP contribution in [0.25, 0.3) is 11.1 Å². The number of hydrogen-bond acceptors (Lipinski definition) is 4. The highest BCUT2D eigenvalue weighted by Crippen LogP contribution is 2.35. The van der Waals surface area contributed by atoms with Crippen molar-refractivity contribution in [2.45, 2.75) is 6.54 Å². The van der Waals surface area contributed by atoms with Crippen LogP contribution >= 0.6 is 0 Å². The molecule has 2 heterocycles. The Kier molecular flexibility index (Phi) is 2.94. The van der Waals surface area contributed by atoms with E-state index < -0.39 is 0 Å². The van der Waals surface area contributed by atoms with E-state index in [2.05, 4.69) is 5.32 Å². The molecule has 0 atom stereocenters. The van der Waals surface area contributed by atoms with Crippen molar-refractivity contribution in [2.24, 2.45) is 0 Å². The van der Waals surface area contributed by atoms with Crippen molar-refractivity contribution < 1.29 is 13.9 Å². The average Bonchev–Trinajstić information content (AvgIpc) is 2.87. The summed E-state index contributed by atoms with van der Waals surface area (Å²) in [5, 5.41) is 3.09. The zero-order valence-electron chi connectivity index (χ0n) is 10.2. The maximum Gasteiger partial charge on any atom is 0.161 e. The van der Waals surface area contributed by atoms with Gasteiger partial charge in [-0.05, 0) is 30.8 Å². The fourth-order valence-electron chi connectivity index (χ4n) is 2.11. The Morgan fingerprint density at radius 1 is 1.11 bits per heavy atom. The Hall–Kier alpha value is -1.94. The molecule has 1 aromatic carbocycles. The van der Waals surface area contributed by atoms with Crippen LogP contribution in [0.5, 0.6) is 11.5 Å². The number of nitrogens with one attached hydrogen (secondary N) is 1. The molecule has 18 heavy (non-hydrogen) atoms. The standard InChI is InChI=1S/C14H15NO3/c1-15-9-14-11(4-5-16-14)10-2-3-12-13(8-10)18-7-6-17-12/h2-5,8,15H,6-7,9H2,1H3. The second-order valence-corrected chi connectivity index (χ2v) is 4.15. The van der Waals surface area contributed by atoms with E-state index in [1.807, 2.05) is 31.3 Å². The van der Waals surface area contributed by atoms with E-state index in [1.54, 1.807) is 6.26 Å². The van der Waals surface area contributed by atoms with E-state index in [0.29, 0.717) is 19.8 Å². The first-order valence-corrected chi connectivity index (χ1v) is 5.99. The van der Waals surface area contributed by atoms with Gasteiger partial charge in [0, 0.05) is 5.56 Å². The summed E-state index contributed by atoms with van der Waals surface area (Å²) in [6.45, 7) is 1.92. The lowest BCUT2D eigenvalue weighted by molar-refractivity contribution is 0.171. The van der Waals surface area contributed by atoms with Crippen LogP contribution in [0.3, 0.4) is 0 Å². The molecule has 0 saturated carbocycles. The van der Waals surface area contributed by atoms with Crippen LogP contribution in [0.2, 0.25) is 0 Å². The van der Waals surface area contributed by atoms with E-state index in [4.69, 9.17) is 13.9 Å². The van der Waals surface area contributed by atoms with Crippen LogP contribution in [0.1, 0.15) is 5.76 Å². The first kappa shape index (κ1) is 11.2. The predicted molar refractivity (Wildman–Crippen MR) is 67.9 cm³/mol. The van der Waals surface area contributed by atoms with Crippen molar-refractivity contribution >= 4 is 0 Å². The molecule has 0 unspecified atom stereocenters. The van der Waals surface area contributed by atoms with Gasteiger partial charge in [0.25, 0.3) is 0 Å². The highest BCUT2D eigenvalue weighted by molar-refractivity contribution is 5.69. The van der Waals surface area contributed by atoms with Crippen molar-refractivity contribution in [1.82, 2.24) is 5.32 Å². The fraction of sp³-hybridized carbons (Fsp3) is 0.286. The van der Waals surface area contributed by atoms with E-state index in [0.717, 1.165) is 28.4 Å². The van der Waals surface area contributed by atoms with Crippen LogP contribution in [-0.2, 0) is 6.54 Å². The van der Waals surface area contributed by atoms with Crippen LogP contribution < -0.4 is 14.8 Å². The second kappa shape index (κ2) is 4.74. The van der Waals surface area contributed by atoms with Crippen LogP contribution in [-0.4, -0.2) is 20.3 Å². The van der Waals surface area contributed by atoms with E-state index in [9.17, 15) is 0 Å². The number of hydrogen-bond donors (Lipinski definition) is 1. The van der Waals surface area contributed by atoms with Crippen LogP contribution in [0.15, 0.2) is 34.9 Å². The molecule has 4 heteroatoms. The molecule has 0 saturated heterocycles. The summed E-state index contributed by atoms with van der Waals surface area (Å²) in [6, 6.07) is 7.94. The summed E-state index contributed by atoms with van der Waals surface area (Å²) in [7, 11) is 1.90. The first-order chi connectivity index (χ1) is 8.88. The highest BCUT2D eigenvalue weighted by Gasteiger charge is 2.14. The molecule has 0 aliphatic carbocycles. The number of ether oxygens (including phenoxy) is 2. The molecule has 3 rings (SSSR count). The molecule has 2 aromatic rings. The van der Waals surface area contributed by atoms with Gasteiger partial charge >= 0.3 is 0 Å². The zero-order chi connectivity index (χ0) is 12.4. The third kappa shape index (κ3) is 1.95. The van der Waals surface area contributed by atoms with Gasteiger partial charge in [-0.15, -0.1) is 0 Å². The molecule has 0 amide bonds. The van der Waals surface area contributed by atoms with E-state index in [-0.39, 0.29) is 0 Å². The van der Waals surface area contributed by atoms with Gasteiger partial charge in [-0.2, -0.15) is 0 Å². The minimum atomic E-state index is 0.602. The van der Waals surface area contributed by atoms with Gasteiger partial charge in [-0.3, -0.25) is 0 Å². The summed E-state index contributed by atoms with van der Waals surface area (Å²) in [6.07, 6.45) is 1.71. The van der Waals surface area contributed by atoms with Gasteiger partial charge in [0.15, 0.2) is 11.5 Å². The van der Waals surface area contributed by atoms with Crippen molar-refractivity contribution in [3.63, 3.8) is 0 Å². The molecular formula is C14H15NO3. The summed E-state index contributed by atoms with van der Waals surface area (Å²) in [5.74, 6) is 2.54. The Balaban J connectivity index is 1.98. The largest absolute Gasteiger partial charge is 0.486 e. The maximum absolute atomic E-state index is 5.59. The van der Waals surface area contributed by atoms with Crippen molar-refractivity contribution in [2.75, 3.05) is 20.3 Å². The van der Waals surface area contributed by atoms with Gasteiger partial charge in [0.05, 0.1) is 12.8 Å². The fourth-order valence-corrected chi connectivity index (χ4v) is 2.11. The molecule has 0 fully saturated rings. The molecule has 94 valence electrons. The van der Waals surface area contributed by atoms with Gasteiger partial charge in [0.2, 0.25) is 0 Å². The smallest absolute Gasteiger partial charge is 0.161 e. The van der Waals surface area contributed by atoms with Crippen molar-refractivity contribution in [1.29, 1.82) is 0 Å². The molecule has 1 aromatic heterocycles. The monoisotopic (exact) mass is 245 g/mol. The molecule has 0 bridgehead atoms. The predicted octanol–water partition coefficient (Wildman–Crippen LogP) is 2.44. The Morgan fingerprint density at radius 2 is 1.94 bits per heavy atom. The normalized spacial score (nSPS) is 13.6. The Morgan fingerprint density at radius 3 is 2.78 bits per heavy atom. The van der Waals surface area contributed by atoms with Crippen molar-refractivity contribution in [3.8, 4) is 22.6 Å². The summed E-state index contributed by atoms with van der Waals surface area (Å²) in [4.78, 5) is 0. The van der Waals surface area contributed by atoms with Crippen LogP contribution in [0.4, 0.5) is 0 Å². The number of benzene rings is 1.